The van der Waals surface area contributed by atoms with Crippen LogP contribution in [0.25, 0.3) is 0 Å². The Balaban J connectivity index is 2.23. The molecule has 1 amide bonds. The number of aliphatic hydroxyl groups excluding tert-OH is 1. The molecule has 0 unspecified atom stereocenters. The highest BCUT2D eigenvalue weighted by molar-refractivity contribution is 6.42. The zero-order valence-corrected chi connectivity index (χ0v) is 11.7. The molecule has 0 aromatic heterocycles. The summed E-state index contributed by atoms with van der Waals surface area (Å²) < 4.78 is 0. The molecule has 0 spiro atoms. The fraction of sp³-hybridized carbons (Fsp3) is 0.462. The minimum atomic E-state index is -0.996. The first-order valence-electron chi connectivity index (χ1n) is 6.13. The van der Waals surface area contributed by atoms with E-state index in [0.29, 0.717) is 28.6 Å². The zero-order chi connectivity index (χ0) is 14.0. The molecule has 1 aromatic rings. The Morgan fingerprint density at radius 3 is 2.68 bits per heavy atom. The highest BCUT2D eigenvalue weighted by Crippen LogP contribution is 2.32. The van der Waals surface area contributed by atoms with Crippen LogP contribution in [0.3, 0.4) is 0 Å². The van der Waals surface area contributed by atoms with Gasteiger partial charge in [-0.05, 0) is 37.0 Å². The first kappa shape index (κ1) is 14.4. The predicted octanol–water partition coefficient (Wildman–Crippen LogP) is 3.56. The maximum Gasteiger partial charge on any atom is 0.407 e. The lowest BCUT2D eigenvalue weighted by molar-refractivity contribution is 0.0286. The fourth-order valence-electron chi connectivity index (χ4n) is 2.44. The zero-order valence-electron chi connectivity index (χ0n) is 10.2. The van der Waals surface area contributed by atoms with E-state index in [1.807, 2.05) is 0 Å². The van der Waals surface area contributed by atoms with Crippen LogP contribution in [0.5, 0.6) is 0 Å². The molecule has 1 fully saturated rings. The second-order valence-electron chi connectivity index (χ2n) is 4.66. The van der Waals surface area contributed by atoms with E-state index in [-0.39, 0.29) is 0 Å². The van der Waals surface area contributed by atoms with Crippen LogP contribution >= 0.6 is 23.2 Å². The molecule has 0 aliphatic carbocycles. The van der Waals surface area contributed by atoms with E-state index in [0.717, 1.165) is 12.8 Å². The Morgan fingerprint density at radius 2 is 2.05 bits per heavy atom. The fourth-order valence-corrected chi connectivity index (χ4v) is 2.75. The van der Waals surface area contributed by atoms with Crippen molar-refractivity contribution >= 4 is 29.3 Å². The van der Waals surface area contributed by atoms with E-state index in [1.54, 1.807) is 18.2 Å². The Morgan fingerprint density at radius 1 is 1.32 bits per heavy atom. The molecule has 1 aromatic carbocycles. The molecule has 1 saturated heterocycles. The number of likely N-dealkylation sites (tertiary alicyclic amines) is 1. The molecule has 1 aliphatic rings. The lowest BCUT2D eigenvalue weighted by Crippen LogP contribution is -2.46. The topological polar surface area (TPSA) is 60.8 Å². The highest BCUT2D eigenvalue weighted by Gasteiger charge is 2.32. The summed E-state index contributed by atoms with van der Waals surface area (Å²) in [6.45, 7) is 0.457. The van der Waals surface area contributed by atoms with Crippen LogP contribution in [0.15, 0.2) is 18.2 Å². The number of halogens is 2. The smallest absolute Gasteiger partial charge is 0.407 e. The molecule has 2 N–H and O–H groups in total. The van der Waals surface area contributed by atoms with Crippen molar-refractivity contribution < 1.29 is 15.0 Å². The van der Waals surface area contributed by atoms with Gasteiger partial charge in [-0.15, -0.1) is 0 Å². The van der Waals surface area contributed by atoms with Gasteiger partial charge in [0.2, 0.25) is 0 Å². The van der Waals surface area contributed by atoms with Gasteiger partial charge in [-0.25, -0.2) is 4.79 Å². The quantitative estimate of drug-likeness (QED) is 0.878. The van der Waals surface area contributed by atoms with E-state index < -0.39 is 18.2 Å². The van der Waals surface area contributed by atoms with E-state index in [2.05, 4.69) is 0 Å². The lowest BCUT2D eigenvalue weighted by atomic mass is 9.93. The average molecular weight is 304 g/mol. The van der Waals surface area contributed by atoms with E-state index in [1.165, 1.54) is 4.90 Å². The molecule has 1 aliphatic heterocycles. The van der Waals surface area contributed by atoms with Crippen molar-refractivity contribution in [2.24, 2.45) is 0 Å². The van der Waals surface area contributed by atoms with Crippen molar-refractivity contribution in [1.82, 2.24) is 4.90 Å². The van der Waals surface area contributed by atoms with Gasteiger partial charge in [0.1, 0.15) is 0 Å². The molecule has 0 radical (unpaired) electrons. The van der Waals surface area contributed by atoms with Crippen molar-refractivity contribution in [1.29, 1.82) is 0 Å². The van der Waals surface area contributed by atoms with Crippen molar-refractivity contribution in [3.05, 3.63) is 33.8 Å². The summed E-state index contributed by atoms with van der Waals surface area (Å²) in [5.41, 5.74) is 0.590. The number of carboxylic acid groups (broad SMARTS) is 1. The van der Waals surface area contributed by atoms with Gasteiger partial charge in [0.05, 0.1) is 22.2 Å². The van der Waals surface area contributed by atoms with Gasteiger partial charge in [-0.1, -0.05) is 29.3 Å². The normalized spacial score (nSPS) is 21.2. The monoisotopic (exact) mass is 303 g/mol. The largest absolute Gasteiger partial charge is 0.465 e. The van der Waals surface area contributed by atoms with Crippen molar-refractivity contribution in [3.8, 4) is 0 Å². The summed E-state index contributed by atoms with van der Waals surface area (Å²) in [4.78, 5) is 12.5. The number of rotatable bonds is 2. The first-order valence-corrected chi connectivity index (χ1v) is 6.89. The van der Waals surface area contributed by atoms with Crippen molar-refractivity contribution in [2.75, 3.05) is 6.54 Å². The maximum absolute atomic E-state index is 11.2. The molecule has 4 nitrogen and oxygen atoms in total. The number of carbonyl (C=O) groups is 1. The minimum Gasteiger partial charge on any atom is -0.465 e. The van der Waals surface area contributed by atoms with Crippen LogP contribution in [0, 0.1) is 0 Å². The van der Waals surface area contributed by atoms with Crippen LogP contribution in [0.2, 0.25) is 10.0 Å². The predicted molar refractivity (Wildman–Crippen MR) is 73.8 cm³/mol. The molecular formula is C13H15Cl2NO3. The number of benzene rings is 1. The van der Waals surface area contributed by atoms with Crippen LogP contribution in [0.4, 0.5) is 4.79 Å². The van der Waals surface area contributed by atoms with E-state index in [9.17, 15) is 15.0 Å². The van der Waals surface area contributed by atoms with Crippen LogP contribution in [-0.2, 0) is 0 Å². The molecule has 1 heterocycles. The molecule has 6 heteroatoms. The summed E-state index contributed by atoms with van der Waals surface area (Å²) in [5.74, 6) is 0. The standard InChI is InChI=1S/C13H15Cl2NO3/c14-9-5-4-8(7-10(9)15)12(17)11-3-1-2-6-16(11)13(18)19/h4-5,7,11-12,17H,1-3,6H2,(H,18,19)/t11-,12-/m0/s1. The first-order chi connectivity index (χ1) is 9.00. The second-order valence-corrected chi connectivity index (χ2v) is 5.47. The van der Waals surface area contributed by atoms with Gasteiger partial charge in [-0.3, -0.25) is 0 Å². The molecular weight excluding hydrogens is 289 g/mol. The molecule has 0 saturated carbocycles. The Labute approximate surface area is 121 Å². The third-order valence-electron chi connectivity index (χ3n) is 3.44. The number of nitrogens with zero attached hydrogens (tertiary/aromatic N) is 1. The third-order valence-corrected chi connectivity index (χ3v) is 4.18. The number of hydrogen-bond acceptors (Lipinski definition) is 2. The van der Waals surface area contributed by atoms with Crippen LogP contribution < -0.4 is 0 Å². The lowest BCUT2D eigenvalue weighted by Gasteiger charge is -2.36. The Hall–Kier alpha value is -0.970. The highest BCUT2D eigenvalue weighted by atomic mass is 35.5. The third kappa shape index (κ3) is 3.14. The molecule has 0 bridgehead atoms. The van der Waals surface area contributed by atoms with Crippen LogP contribution in [-0.4, -0.2) is 33.8 Å². The summed E-state index contributed by atoms with van der Waals surface area (Å²) >= 11 is 11.8. The van der Waals surface area contributed by atoms with Gasteiger partial charge in [0.15, 0.2) is 0 Å². The van der Waals surface area contributed by atoms with Crippen molar-refractivity contribution in [3.63, 3.8) is 0 Å². The Bertz CT molecular complexity index is 481. The van der Waals surface area contributed by atoms with Crippen LogP contribution in [0.1, 0.15) is 30.9 Å². The van der Waals surface area contributed by atoms with Gasteiger partial charge in [0, 0.05) is 6.54 Å². The minimum absolute atomic E-state index is 0.357. The molecule has 19 heavy (non-hydrogen) atoms. The SMILES string of the molecule is O=C(O)N1CCCC[C@H]1[C@@H](O)c1ccc(Cl)c(Cl)c1. The molecule has 2 rings (SSSR count). The summed E-state index contributed by atoms with van der Waals surface area (Å²) in [5, 5.41) is 20.3. The second kappa shape index (κ2) is 5.99. The van der Waals surface area contributed by atoms with Gasteiger partial charge in [-0.2, -0.15) is 0 Å². The Kier molecular flexibility index (Phi) is 4.55. The molecule has 2 atom stereocenters. The number of piperidine rings is 1. The number of hydrogen-bond donors (Lipinski definition) is 2. The average Bonchev–Trinajstić information content (AvgIpc) is 2.41. The van der Waals surface area contributed by atoms with Gasteiger partial charge in [0.25, 0.3) is 0 Å². The summed E-state index contributed by atoms with van der Waals surface area (Å²) in [6.07, 6.45) is 0.507. The molecule has 104 valence electrons. The maximum atomic E-state index is 11.2. The number of aliphatic hydroxyl groups is 1. The van der Waals surface area contributed by atoms with Gasteiger partial charge < -0.3 is 15.1 Å². The van der Waals surface area contributed by atoms with Gasteiger partial charge >= 0.3 is 6.09 Å². The van der Waals surface area contributed by atoms with E-state index >= 15 is 0 Å². The van der Waals surface area contributed by atoms with Crippen molar-refractivity contribution in [2.45, 2.75) is 31.4 Å². The van der Waals surface area contributed by atoms with E-state index in [4.69, 9.17) is 23.2 Å². The number of amides is 1. The summed E-state index contributed by atoms with van der Waals surface area (Å²) in [6, 6.07) is 4.44. The summed E-state index contributed by atoms with van der Waals surface area (Å²) in [7, 11) is 0.